The minimum atomic E-state index is -0.167. The number of likely N-dealkylation sites (tertiary alicyclic amines) is 1. The van der Waals surface area contributed by atoms with Gasteiger partial charge < -0.3 is 10.2 Å². The quantitative estimate of drug-likeness (QED) is 0.844. The lowest BCUT2D eigenvalue weighted by atomic mass is 9.80. The van der Waals surface area contributed by atoms with E-state index in [1.165, 1.54) is 0 Å². The Bertz CT molecular complexity index is 359. The Balaban J connectivity index is 1.80. The summed E-state index contributed by atoms with van der Waals surface area (Å²) >= 11 is 0. The van der Waals surface area contributed by atoms with Gasteiger partial charge in [-0.1, -0.05) is 0 Å². The average molecular weight is 280 g/mol. The van der Waals surface area contributed by atoms with Crippen molar-refractivity contribution in [2.24, 2.45) is 11.8 Å². The maximum Gasteiger partial charge on any atom is 0.225 e. The van der Waals surface area contributed by atoms with E-state index in [9.17, 15) is 9.59 Å². The first-order chi connectivity index (χ1) is 9.37. The van der Waals surface area contributed by atoms with Crippen LogP contribution < -0.4 is 5.32 Å². The second-order valence-electron chi connectivity index (χ2n) is 7.32. The molecule has 1 heterocycles. The normalized spacial score (nSPS) is 27.4. The highest BCUT2D eigenvalue weighted by Gasteiger charge is 2.33. The third-order valence-electron chi connectivity index (χ3n) is 4.36. The molecular formula is C16H28N2O2. The van der Waals surface area contributed by atoms with E-state index in [4.69, 9.17) is 0 Å². The predicted molar refractivity (Wildman–Crippen MR) is 79.2 cm³/mol. The fourth-order valence-corrected chi connectivity index (χ4v) is 3.27. The van der Waals surface area contributed by atoms with Crippen LogP contribution in [0.1, 0.15) is 59.3 Å². The molecule has 0 aromatic rings. The first-order valence-electron chi connectivity index (χ1n) is 7.97. The summed E-state index contributed by atoms with van der Waals surface area (Å²) in [5.74, 6) is 0.741. The van der Waals surface area contributed by atoms with Crippen molar-refractivity contribution in [1.29, 1.82) is 0 Å². The monoisotopic (exact) mass is 280 g/mol. The highest BCUT2D eigenvalue weighted by Crippen LogP contribution is 2.31. The SMILES string of the molecule is CC(C)(C)NC(=O)C1CCC(C(=O)N2CCCC2)CC1. The molecule has 1 saturated heterocycles. The molecule has 0 spiro atoms. The molecule has 2 fully saturated rings. The van der Waals surface area contributed by atoms with Gasteiger partial charge in [-0.15, -0.1) is 0 Å². The molecular weight excluding hydrogens is 252 g/mol. The molecule has 0 bridgehead atoms. The summed E-state index contributed by atoms with van der Waals surface area (Å²) in [6.45, 7) is 7.89. The van der Waals surface area contributed by atoms with Crippen LogP contribution in [0.4, 0.5) is 0 Å². The van der Waals surface area contributed by atoms with Gasteiger partial charge in [-0.2, -0.15) is 0 Å². The molecule has 2 aliphatic rings. The van der Waals surface area contributed by atoms with Gasteiger partial charge in [0.2, 0.25) is 11.8 Å². The van der Waals surface area contributed by atoms with Crippen LogP contribution in [-0.2, 0) is 9.59 Å². The highest BCUT2D eigenvalue weighted by atomic mass is 16.2. The second kappa shape index (κ2) is 6.15. The number of hydrogen-bond acceptors (Lipinski definition) is 2. The van der Waals surface area contributed by atoms with Gasteiger partial charge in [0, 0.05) is 30.5 Å². The van der Waals surface area contributed by atoms with Crippen molar-refractivity contribution in [3.63, 3.8) is 0 Å². The number of nitrogens with zero attached hydrogens (tertiary/aromatic N) is 1. The van der Waals surface area contributed by atoms with Gasteiger partial charge in [-0.25, -0.2) is 0 Å². The summed E-state index contributed by atoms with van der Waals surface area (Å²) in [4.78, 5) is 26.5. The molecule has 1 N–H and O–H groups in total. The van der Waals surface area contributed by atoms with Crippen LogP contribution in [0, 0.1) is 11.8 Å². The molecule has 1 saturated carbocycles. The van der Waals surface area contributed by atoms with Crippen molar-refractivity contribution in [3.05, 3.63) is 0 Å². The minimum absolute atomic E-state index is 0.0943. The van der Waals surface area contributed by atoms with Gasteiger partial charge in [0.25, 0.3) is 0 Å². The van der Waals surface area contributed by atoms with Gasteiger partial charge in [0.05, 0.1) is 0 Å². The van der Waals surface area contributed by atoms with Crippen LogP contribution in [0.2, 0.25) is 0 Å². The maximum absolute atomic E-state index is 12.3. The third kappa shape index (κ3) is 3.97. The van der Waals surface area contributed by atoms with E-state index >= 15 is 0 Å². The largest absolute Gasteiger partial charge is 0.351 e. The number of carbonyl (C=O) groups excluding carboxylic acids is 2. The van der Waals surface area contributed by atoms with Crippen LogP contribution in [0.25, 0.3) is 0 Å². The number of nitrogens with one attached hydrogen (secondary N) is 1. The van der Waals surface area contributed by atoms with E-state index < -0.39 is 0 Å². The Hall–Kier alpha value is -1.06. The molecule has 0 radical (unpaired) electrons. The van der Waals surface area contributed by atoms with Gasteiger partial charge in [0.15, 0.2) is 0 Å². The molecule has 0 unspecified atom stereocenters. The summed E-state index contributed by atoms with van der Waals surface area (Å²) in [6, 6.07) is 0. The van der Waals surface area contributed by atoms with Gasteiger partial charge >= 0.3 is 0 Å². The Morgan fingerprint density at radius 1 is 0.950 bits per heavy atom. The third-order valence-corrected chi connectivity index (χ3v) is 4.36. The molecule has 2 rings (SSSR count). The smallest absolute Gasteiger partial charge is 0.225 e. The van der Waals surface area contributed by atoms with Crippen molar-refractivity contribution in [2.75, 3.05) is 13.1 Å². The summed E-state index contributed by atoms with van der Waals surface area (Å²) in [5, 5.41) is 3.05. The number of rotatable bonds is 2. The zero-order valence-corrected chi connectivity index (χ0v) is 13.1. The fraction of sp³-hybridized carbons (Fsp3) is 0.875. The summed E-state index contributed by atoms with van der Waals surface area (Å²) in [6.07, 6.45) is 5.75. The molecule has 0 atom stereocenters. The van der Waals surface area contributed by atoms with Crippen LogP contribution in [0.5, 0.6) is 0 Å². The van der Waals surface area contributed by atoms with E-state index in [1.807, 2.05) is 25.7 Å². The Labute approximate surface area is 122 Å². The van der Waals surface area contributed by atoms with Crippen molar-refractivity contribution >= 4 is 11.8 Å². The summed E-state index contributed by atoms with van der Waals surface area (Å²) in [7, 11) is 0. The predicted octanol–water partition coefficient (Wildman–Crippen LogP) is 2.33. The molecule has 0 aromatic heterocycles. The second-order valence-corrected chi connectivity index (χ2v) is 7.32. The first kappa shape index (κ1) is 15.3. The molecule has 4 nitrogen and oxygen atoms in total. The van der Waals surface area contributed by atoms with Gasteiger partial charge in [-0.05, 0) is 59.3 Å². The molecule has 4 heteroatoms. The highest BCUT2D eigenvalue weighted by molar-refractivity contribution is 5.81. The van der Waals surface area contributed by atoms with E-state index in [0.29, 0.717) is 5.91 Å². The first-order valence-corrected chi connectivity index (χ1v) is 7.97. The van der Waals surface area contributed by atoms with Gasteiger partial charge in [0.1, 0.15) is 0 Å². The molecule has 2 amide bonds. The molecule has 0 aromatic carbocycles. The lowest BCUT2D eigenvalue weighted by Crippen LogP contribution is -2.45. The average Bonchev–Trinajstić information content (AvgIpc) is 2.90. The Morgan fingerprint density at radius 3 is 1.95 bits per heavy atom. The van der Waals surface area contributed by atoms with E-state index in [0.717, 1.165) is 51.6 Å². The lowest BCUT2D eigenvalue weighted by molar-refractivity contribution is -0.137. The van der Waals surface area contributed by atoms with E-state index in [1.54, 1.807) is 0 Å². The van der Waals surface area contributed by atoms with Gasteiger partial charge in [-0.3, -0.25) is 9.59 Å². The van der Waals surface area contributed by atoms with Crippen LogP contribution in [-0.4, -0.2) is 35.3 Å². The van der Waals surface area contributed by atoms with E-state index in [2.05, 4.69) is 5.32 Å². The zero-order valence-electron chi connectivity index (χ0n) is 13.1. The van der Waals surface area contributed by atoms with Crippen LogP contribution in [0.15, 0.2) is 0 Å². The molecule has 1 aliphatic heterocycles. The van der Waals surface area contributed by atoms with Crippen molar-refractivity contribution < 1.29 is 9.59 Å². The van der Waals surface area contributed by atoms with E-state index in [-0.39, 0.29) is 23.3 Å². The standard InChI is InChI=1S/C16H28N2O2/c1-16(2,3)17-14(19)12-6-8-13(9-7-12)15(20)18-10-4-5-11-18/h12-13H,4-11H2,1-3H3,(H,17,19). The minimum Gasteiger partial charge on any atom is -0.351 e. The summed E-state index contributed by atoms with van der Waals surface area (Å²) < 4.78 is 0. The van der Waals surface area contributed by atoms with Crippen LogP contribution >= 0.6 is 0 Å². The van der Waals surface area contributed by atoms with Crippen molar-refractivity contribution in [2.45, 2.75) is 64.8 Å². The topological polar surface area (TPSA) is 49.4 Å². The number of carbonyl (C=O) groups is 2. The maximum atomic E-state index is 12.3. The van der Waals surface area contributed by atoms with Crippen molar-refractivity contribution in [1.82, 2.24) is 10.2 Å². The number of amides is 2. The Kier molecular flexibility index (Phi) is 4.71. The Morgan fingerprint density at radius 2 is 1.45 bits per heavy atom. The lowest BCUT2D eigenvalue weighted by Gasteiger charge is -2.31. The van der Waals surface area contributed by atoms with Crippen LogP contribution in [0.3, 0.4) is 0 Å². The fourth-order valence-electron chi connectivity index (χ4n) is 3.27. The summed E-state index contributed by atoms with van der Waals surface area (Å²) in [5.41, 5.74) is -0.167. The molecule has 1 aliphatic carbocycles. The zero-order chi connectivity index (χ0) is 14.8. The molecule has 20 heavy (non-hydrogen) atoms. The van der Waals surface area contributed by atoms with Crippen molar-refractivity contribution in [3.8, 4) is 0 Å². The number of hydrogen-bond donors (Lipinski definition) is 1. The molecule has 114 valence electrons.